The van der Waals surface area contributed by atoms with E-state index in [4.69, 9.17) is 9.47 Å². The molecule has 33 heavy (non-hydrogen) atoms. The van der Waals surface area contributed by atoms with Crippen molar-refractivity contribution in [1.82, 2.24) is 19.7 Å². The fraction of sp³-hybridized carbons (Fsp3) is 0.261. The van der Waals surface area contributed by atoms with Gasteiger partial charge in [0, 0.05) is 29.9 Å². The number of ether oxygens (including phenoxy) is 2. The first kappa shape index (κ1) is 22.4. The number of anilines is 2. The third-order valence-electron chi connectivity index (χ3n) is 4.88. The Balaban J connectivity index is 1.49. The van der Waals surface area contributed by atoms with Crippen LogP contribution in [0, 0.1) is 0 Å². The summed E-state index contributed by atoms with van der Waals surface area (Å²) < 4.78 is 12.6. The molecular weight excluding hydrogens is 442 g/mol. The summed E-state index contributed by atoms with van der Waals surface area (Å²) in [4.78, 5) is 35.2. The van der Waals surface area contributed by atoms with E-state index in [0.29, 0.717) is 33.5 Å². The Bertz CT molecular complexity index is 1310. The van der Waals surface area contributed by atoms with E-state index in [9.17, 15) is 9.59 Å². The second-order valence-electron chi connectivity index (χ2n) is 7.54. The van der Waals surface area contributed by atoms with Gasteiger partial charge in [-0.25, -0.2) is 19.4 Å². The highest BCUT2D eigenvalue weighted by Gasteiger charge is 2.21. The van der Waals surface area contributed by atoms with Crippen molar-refractivity contribution in [2.45, 2.75) is 33.4 Å². The molecule has 0 aliphatic rings. The normalized spacial score (nSPS) is 11.1. The van der Waals surface area contributed by atoms with Crippen molar-refractivity contribution in [2.75, 3.05) is 12.0 Å². The number of amides is 1. The van der Waals surface area contributed by atoms with Gasteiger partial charge in [0.15, 0.2) is 10.8 Å². The maximum absolute atomic E-state index is 12.6. The van der Waals surface area contributed by atoms with E-state index in [1.165, 1.54) is 29.4 Å². The lowest BCUT2D eigenvalue weighted by atomic mass is 10.2. The number of hydrogen-bond donors (Lipinski definition) is 0. The average Bonchev–Trinajstić information content (AvgIpc) is 3.44. The van der Waals surface area contributed by atoms with Crippen LogP contribution in [0.2, 0.25) is 0 Å². The van der Waals surface area contributed by atoms with Crippen molar-refractivity contribution in [3.05, 3.63) is 59.4 Å². The molecule has 0 spiro atoms. The third kappa shape index (κ3) is 4.56. The zero-order valence-corrected chi connectivity index (χ0v) is 19.5. The summed E-state index contributed by atoms with van der Waals surface area (Å²) in [5, 5.41) is 7.29. The quantitative estimate of drug-likeness (QED) is 0.370. The maximum Gasteiger partial charge on any atom is 0.340 e. The highest BCUT2D eigenvalue weighted by atomic mass is 32.1. The van der Waals surface area contributed by atoms with Crippen molar-refractivity contribution in [3.63, 3.8) is 0 Å². The van der Waals surface area contributed by atoms with Crippen LogP contribution in [0.5, 0.6) is 5.75 Å². The first-order chi connectivity index (χ1) is 15.9. The number of hydrogen-bond acceptors (Lipinski definition) is 8. The second kappa shape index (κ2) is 9.37. The number of nitrogens with zero attached hydrogens (tertiary/aromatic N) is 5. The fourth-order valence-electron chi connectivity index (χ4n) is 3.34. The molecule has 9 nitrogen and oxygen atoms in total. The van der Waals surface area contributed by atoms with E-state index in [1.54, 1.807) is 41.6 Å². The number of thiazole rings is 1. The van der Waals surface area contributed by atoms with Gasteiger partial charge in [0.2, 0.25) is 5.91 Å². The van der Waals surface area contributed by atoms with Crippen molar-refractivity contribution in [1.29, 1.82) is 0 Å². The van der Waals surface area contributed by atoms with Crippen molar-refractivity contribution in [2.24, 2.45) is 0 Å². The number of carbonyl (C=O) groups excluding carboxylic acids is 2. The molecule has 0 unspecified atom stereocenters. The molecule has 0 aliphatic heterocycles. The van der Waals surface area contributed by atoms with Gasteiger partial charge in [0.05, 0.1) is 30.3 Å². The molecule has 3 heterocycles. The van der Waals surface area contributed by atoms with E-state index in [2.05, 4.69) is 15.1 Å². The molecule has 0 N–H and O–H groups in total. The highest BCUT2D eigenvalue weighted by molar-refractivity contribution is 7.14. The Labute approximate surface area is 194 Å². The van der Waals surface area contributed by atoms with Gasteiger partial charge in [-0.1, -0.05) is 12.1 Å². The standard InChI is InChI=1S/C23H23N5O4S/c1-14(2)28-21-16(11-25-28)9-17(10-24-21)22(30)32-12-18-13-33-23(26-18)27(15(3)29)19-7-5-6-8-20(19)31-4/h5-11,13-14H,12H2,1-4H3. The van der Waals surface area contributed by atoms with Crippen LogP contribution < -0.4 is 9.64 Å². The summed E-state index contributed by atoms with van der Waals surface area (Å²) in [6.07, 6.45) is 3.16. The van der Waals surface area contributed by atoms with Crippen LogP contribution in [0.4, 0.5) is 10.8 Å². The lowest BCUT2D eigenvalue weighted by molar-refractivity contribution is -0.115. The third-order valence-corrected chi connectivity index (χ3v) is 5.76. The van der Waals surface area contributed by atoms with Crippen LogP contribution in [-0.4, -0.2) is 38.7 Å². The lowest BCUT2D eigenvalue weighted by Crippen LogP contribution is -2.23. The van der Waals surface area contributed by atoms with Crippen LogP contribution in [-0.2, 0) is 16.1 Å². The minimum Gasteiger partial charge on any atom is -0.495 e. The highest BCUT2D eigenvalue weighted by Crippen LogP contribution is 2.35. The Morgan fingerprint density at radius 2 is 2.00 bits per heavy atom. The zero-order chi connectivity index (χ0) is 23.5. The van der Waals surface area contributed by atoms with E-state index in [0.717, 1.165) is 5.39 Å². The number of pyridine rings is 1. The average molecular weight is 466 g/mol. The van der Waals surface area contributed by atoms with Gasteiger partial charge in [-0.3, -0.25) is 9.69 Å². The maximum atomic E-state index is 12.6. The molecule has 1 aromatic carbocycles. The summed E-state index contributed by atoms with van der Waals surface area (Å²) in [5.74, 6) is -0.164. The monoisotopic (exact) mass is 465 g/mol. The van der Waals surface area contributed by atoms with Crippen molar-refractivity contribution in [3.8, 4) is 5.75 Å². The van der Waals surface area contributed by atoms with E-state index >= 15 is 0 Å². The lowest BCUT2D eigenvalue weighted by Gasteiger charge is -2.20. The molecule has 0 saturated heterocycles. The molecule has 1 amide bonds. The summed E-state index contributed by atoms with van der Waals surface area (Å²) in [6.45, 7) is 5.45. The number of rotatable bonds is 7. The molecule has 0 atom stereocenters. The van der Waals surface area contributed by atoms with E-state index in [-0.39, 0.29) is 18.6 Å². The van der Waals surface area contributed by atoms with Crippen molar-refractivity contribution < 1.29 is 19.1 Å². The van der Waals surface area contributed by atoms with Crippen LogP contribution in [0.1, 0.15) is 42.9 Å². The Morgan fingerprint density at radius 1 is 1.21 bits per heavy atom. The van der Waals surface area contributed by atoms with Gasteiger partial charge in [-0.05, 0) is 32.0 Å². The van der Waals surface area contributed by atoms with E-state index < -0.39 is 5.97 Å². The van der Waals surface area contributed by atoms with Gasteiger partial charge in [-0.15, -0.1) is 11.3 Å². The van der Waals surface area contributed by atoms with E-state index in [1.807, 2.05) is 26.0 Å². The van der Waals surface area contributed by atoms with Crippen molar-refractivity contribution >= 4 is 45.1 Å². The number of fused-ring (bicyclic) bond motifs is 1. The summed E-state index contributed by atoms with van der Waals surface area (Å²) in [5.41, 5.74) is 2.17. The molecule has 3 aromatic heterocycles. The van der Waals surface area contributed by atoms with Gasteiger partial charge in [-0.2, -0.15) is 5.10 Å². The van der Waals surface area contributed by atoms with Gasteiger partial charge >= 0.3 is 5.97 Å². The molecular formula is C23H23N5O4S. The minimum absolute atomic E-state index is 0.0315. The molecule has 10 heteroatoms. The Hall–Kier alpha value is -3.79. The predicted molar refractivity (Wildman–Crippen MR) is 125 cm³/mol. The largest absolute Gasteiger partial charge is 0.495 e. The number of para-hydroxylation sites is 2. The Kier molecular flexibility index (Phi) is 6.36. The van der Waals surface area contributed by atoms with Crippen LogP contribution in [0.25, 0.3) is 11.0 Å². The summed E-state index contributed by atoms with van der Waals surface area (Å²) in [7, 11) is 1.55. The molecule has 170 valence electrons. The topological polar surface area (TPSA) is 99.4 Å². The summed E-state index contributed by atoms with van der Waals surface area (Å²) in [6, 6.07) is 9.08. The molecule has 0 aliphatic carbocycles. The zero-order valence-electron chi connectivity index (χ0n) is 18.7. The molecule has 0 radical (unpaired) electrons. The number of carbonyl (C=O) groups is 2. The van der Waals surface area contributed by atoms with Crippen LogP contribution in [0.3, 0.4) is 0 Å². The second-order valence-corrected chi connectivity index (χ2v) is 8.38. The van der Waals surface area contributed by atoms with Crippen LogP contribution in [0.15, 0.2) is 48.1 Å². The molecule has 0 bridgehead atoms. The SMILES string of the molecule is COc1ccccc1N(C(C)=O)c1nc(COC(=O)c2cnc3c(cnn3C(C)C)c2)cs1. The first-order valence-corrected chi connectivity index (χ1v) is 11.2. The smallest absolute Gasteiger partial charge is 0.340 e. The van der Waals surface area contributed by atoms with Gasteiger partial charge < -0.3 is 9.47 Å². The predicted octanol–water partition coefficient (Wildman–Crippen LogP) is 4.52. The van der Waals surface area contributed by atoms with Gasteiger partial charge in [0.1, 0.15) is 12.4 Å². The minimum atomic E-state index is -0.510. The summed E-state index contributed by atoms with van der Waals surface area (Å²) >= 11 is 1.28. The van der Waals surface area contributed by atoms with Crippen LogP contribution >= 0.6 is 11.3 Å². The number of aromatic nitrogens is 4. The molecule has 4 rings (SSSR count). The number of benzene rings is 1. The number of methoxy groups -OCH3 is 1. The number of esters is 1. The molecule has 0 fully saturated rings. The Morgan fingerprint density at radius 3 is 2.73 bits per heavy atom. The van der Waals surface area contributed by atoms with Gasteiger partial charge in [0.25, 0.3) is 0 Å². The first-order valence-electron chi connectivity index (χ1n) is 10.3. The fourth-order valence-corrected chi connectivity index (χ4v) is 4.20. The molecule has 4 aromatic rings. The molecule has 0 saturated carbocycles.